The van der Waals surface area contributed by atoms with Gasteiger partial charge < -0.3 is 20.0 Å². The number of rotatable bonds is 8. The third kappa shape index (κ3) is 5.11. The number of hydrazone groups is 1. The lowest BCUT2D eigenvalue weighted by atomic mass is 9.99. The lowest BCUT2D eigenvalue weighted by Crippen LogP contribution is -2.29. The van der Waals surface area contributed by atoms with Crippen molar-refractivity contribution in [2.75, 3.05) is 45.7 Å². The first-order valence-electron chi connectivity index (χ1n) is 10.6. The average Bonchev–Trinajstić information content (AvgIpc) is 3.30. The molecule has 0 radical (unpaired) electrons. The fraction of sp³-hybridized carbons (Fsp3) is 0.375. The molecule has 4 rings (SSSR count). The smallest absolute Gasteiger partial charge is 0.168 e. The minimum atomic E-state index is 0.272. The molecule has 1 N–H and O–H groups in total. The molecule has 2 aromatic carbocycles. The largest absolute Gasteiger partial charge is 0.486 e. The maximum Gasteiger partial charge on any atom is 0.168 e. The second-order valence-electron chi connectivity index (χ2n) is 8.32. The maximum atomic E-state index is 5.98. The van der Waals surface area contributed by atoms with Gasteiger partial charge in [0.2, 0.25) is 0 Å². The van der Waals surface area contributed by atoms with Crippen molar-refractivity contribution < 1.29 is 4.74 Å². The fourth-order valence-electron chi connectivity index (χ4n) is 3.62. The monoisotopic (exact) mass is 418 g/mol. The first-order valence-corrected chi connectivity index (χ1v) is 10.6. The number of aromatic nitrogens is 2. The standard InChI is InChI=1S/C24H30N6O/c1-17-6-5-7-20(12-17)31-16-23-27-22-9-8-18(19-14-25-26-15-19)13-21(22)24(28-23)30(4)11-10-29(2)3/h5-9,12-14,19,26H,10-11,15-16H2,1-4H3. The Morgan fingerprint density at radius 1 is 1.06 bits per heavy atom. The number of likely N-dealkylation sites (N-methyl/N-ethyl adjacent to an activating group) is 2. The van der Waals surface area contributed by atoms with Gasteiger partial charge in [0, 0.05) is 44.2 Å². The Kier molecular flexibility index (Phi) is 6.32. The van der Waals surface area contributed by atoms with Crippen molar-refractivity contribution in [2.45, 2.75) is 19.4 Å². The van der Waals surface area contributed by atoms with E-state index < -0.39 is 0 Å². The Morgan fingerprint density at radius 3 is 2.68 bits per heavy atom. The molecule has 31 heavy (non-hydrogen) atoms. The highest BCUT2D eigenvalue weighted by Gasteiger charge is 2.17. The summed E-state index contributed by atoms with van der Waals surface area (Å²) >= 11 is 0. The van der Waals surface area contributed by atoms with Crippen LogP contribution in [0, 0.1) is 6.92 Å². The highest BCUT2D eigenvalue weighted by molar-refractivity contribution is 5.91. The minimum absolute atomic E-state index is 0.272. The van der Waals surface area contributed by atoms with Crippen LogP contribution in [-0.2, 0) is 6.61 Å². The molecule has 0 saturated heterocycles. The zero-order chi connectivity index (χ0) is 21.8. The van der Waals surface area contributed by atoms with Crippen LogP contribution in [-0.4, -0.2) is 61.9 Å². The topological polar surface area (TPSA) is 65.9 Å². The lowest BCUT2D eigenvalue weighted by molar-refractivity contribution is 0.296. The van der Waals surface area contributed by atoms with Gasteiger partial charge in [-0.2, -0.15) is 5.10 Å². The van der Waals surface area contributed by atoms with Crippen LogP contribution < -0.4 is 15.1 Å². The number of aryl methyl sites for hydroxylation is 1. The van der Waals surface area contributed by atoms with Crippen LogP contribution in [0.25, 0.3) is 10.9 Å². The van der Waals surface area contributed by atoms with E-state index in [2.05, 4.69) is 72.7 Å². The molecule has 1 aliphatic heterocycles. The van der Waals surface area contributed by atoms with E-state index in [0.29, 0.717) is 12.4 Å². The third-order valence-electron chi connectivity index (χ3n) is 5.43. The van der Waals surface area contributed by atoms with Gasteiger partial charge in [-0.25, -0.2) is 9.97 Å². The van der Waals surface area contributed by atoms with Crippen molar-refractivity contribution in [1.82, 2.24) is 20.3 Å². The van der Waals surface area contributed by atoms with Crippen LogP contribution in [0.3, 0.4) is 0 Å². The Morgan fingerprint density at radius 2 is 1.94 bits per heavy atom. The van der Waals surface area contributed by atoms with Gasteiger partial charge in [-0.1, -0.05) is 18.2 Å². The van der Waals surface area contributed by atoms with Gasteiger partial charge in [-0.15, -0.1) is 0 Å². The summed E-state index contributed by atoms with van der Waals surface area (Å²) in [5.41, 5.74) is 6.35. The van der Waals surface area contributed by atoms with Crippen molar-refractivity contribution in [3.63, 3.8) is 0 Å². The summed E-state index contributed by atoms with van der Waals surface area (Å²) in [4.78, 5) is 14.1. The molecular weight excluding hydrogens is 388 g/mol. The Bertz CT molecular complexity index is 1080. The van der Waals surface area contributed by atoms with E-state index in [1.807, 2.05) is 24.4 Å². The number of nitrogens with zero attached hydrogens (tertiary/aromatic N) is 5. The van der Waals surface area contributed by atoms with Crippen LogP contribution in [0.2, 0.25) is 0 Å². The molecule has 3 aromatic rings. The summed E-state index contributed by atoms with van der Waals surface area (Å²) in [5.74, 6) is 2.71. The second-order valence-corrected chi connectivity index (χ2v) is 8.32. The van der Waals surface area contributed by atoms with Gasteiger partial charge in [-0.3, -0.25) is 0 Å². The Balaban J connectivity index is 1.66. The maximum absolute atomic E-state index is 5.98. The summed E-state index contributed by atoms with van der Waals surface area (Å²) in [6.07, 6.45) is 1.96. The number of anilines is 1. The minimum Gasteiger partial charge on any atom is -0.486 e. The number of benzene rings is 2. The van der Waals surface area contributed by atoms with Crippen LogP contribution >= 0.6 is 0 Å². The summed E-state index contributed by atoms with van der Waals surface area (Å²) in [6, 6.07) is 14.4. The predicted molar refractivity (Wildman–Crippen MR) is 126 cm³/mol. The number of nitrogens with one attached hydrogen (secondary N) is 1. The molecule has 0 amide bonds. The Hall–Kier alpha value is -3.19. The van der Waals surface area contributed by atoms with Crippen LogP contribution in [0.5, 0.6) is 5.75 Å². The number of hydrogen-bond acceptors (Lipinski definition) is 7. The molecule has 1 aromatic heterocycles. The molecule has 7 nitrogen and oxygen atoms in total. The van der Waals surface area contributed by atoms with Crippen molar-refractivity contribution in [3.8, 4) is 5.75 Å². The molecular formula is C24H30N6O. The molecule has 2 heterocycles. The summed E-state index contributed by atoms with van der Waals surface area (Å²) < 4.78 is 5.98. The zero-order valence-electron chi connectivity index (χ0n) is 18.7. The summed E-state index contributed by atoms with van der Waals surface area (Å²) in [6.45, 7) is 5.01. The quantitative estimate of drug-likeness (QED) is 0.606. The fourth-order valence-corrected chi connectivity index (χ4v) is 3.62. The van der Waals surface area contributed by atoms with Crippen molar-refractivity contribution >= 4 is 22.9 Å². The van der Waals surface area contributed by atoms with Gasteiger partial charge in [0.15, 0.2) is 5.82 Å². The average molecular weight is 419 g/mol. The molecule has 0 fully saturated rings. The van der Waals surface area contributed by atoms with E-state index in [-0.39, 0.29) is 5.92 Å². The first kappa shape index (κ1) is 21.1. The molecule has 7 heteroatoms. The first-order chi connectivity index (χ1) is 15.0. The van der Waals surface area contributed by atoms with Crippen LogP contribution in [0.15, 0.2) is 47.6 Å². The van der Waals surface area contributed by atoms with Crippen molar-refractivity contribution in [2.24, 2.45) is 5.10 Å². The molecule has 162 valence electrons. The highest BCUT2D eigenvalue weighted by atomic mass is 16.5. The summed E-state index contributed by atoms with van der Waals surface area (Å²) in [5, 5.41) is 5.22. The molecule has 1 aliphatic rings. The normalized spacial score (nSPS) is 15.5. The molecule has 1 atom stereocenters. The lowest BCUT2D eigenvalue weighted by Gasteiger charge is -2.23. The highest BCUT2D eigenvalue weighted by Crippen LogP contribution is 2.28. The number of hydrogen-bond donors (Lipinski definition) is 1. The summed E-state index contributed by atoms with van der Waals surface area (Å²) in [7, 11) is 6.25. The van der Waals surface area contributed by atoms with Crippen LogP contribution in [0.1, 0.15) is 22.9 Å². The van der Waals surface area contributed by atoms with E-state index in [9.17, 15) is 0 Å². The molecule has 0 bridgehead atoms. The Labute approximate surface area is 183 Å². The van der Waals surface area contributed by atoms with E-state index in [1.165, 1.54) is 11.1 Å². The van der Waals surface area contributed by atoms with Crippen molar-refractivity contribution in [1.29, 1.82) is 0 Å². The van der Waals surface area contributed by atoms with Gasteiger partial charge >= 0.3 is 0 Å². The molecule has 0 saturated carbocycles. The van der Waals surface area contributed by atoms with Gasteiger partial charge in [0.1, 0.15) is 18.2 Å². The number of ether oxygens (including phenoxy) is 1. The van der Waals surface area contributed by atoms with E-state index >= 15 is 0 Å². The second kappa shape index (κ2) is 9.31. The van der Waals surface area contributed by atoms with Crippen molar-refractivity contribution in [3.05, 3.63) is 59.4 Å². The zero-order valence-corrected chi connectivity index (χ0v) is 18.7. The van der Waals surface area contributed by atoms with Gasteiger partial charge in [-0.05, 0) is 56.4 Å². The number of fused-ring (bicyclic) bond motifs is 1. The third-order valence-corrected chi connectivity index (χ3v) is 5.43. The molecule has 0 aliphatic carbocycles. The molecule has 0 spiro atoms. The van der Waals surface area contributed by atoms with Gasteiger partial charge in [0.05, 0.1) is 5.52 Å². The van der Waals surface area contributed by atoms with Gasteiger partial charge in [0.25, 0.3) is 0 Å². The SMILES string of the molecule is Cc1cccc(OCc2nc(N(C)CCN(C)C)c3cc(C4C=NNC4)ccc3n2)c1. The predicted octanol–water partition coefficient (Wildman–Crippen LogP) is 3.19. The van der Waals surface area contributed by atoms with E-state index in [0.717, 1.165) is 42.1 Å². The molecule has 1 unspecified atom stereocenters. The van der Waals surface area contributed by atoms with E-state index in [1.54, 1.807) is 0 Å². The van der Waals surface area contributed by atoms with Crippen LogP contribution in [0.4, 0.5) is 5.82 Å². The van der Waals surface area contributed by atoms with E-state index in [4.69, 9.17) is 14.7 Å².